The van der Waals surface area contributed by atoms with Crippen LogP contribution in [0, 0.1) is 11.7 Å². The number of anilines is 2. The number of carbonyl (C=O) groups is 2. The van der Waals surface area contributed by atoms with E-state index in [0.717, 1.165) is 27.8 Å². The molecule has 0 bridgehead atoms. The normalized spacial score (nSPS) is 11.3. The number of amides is 1. The van der Waals surface area contributed by atoms with E-state index in [4.69, 9.17) is 21.1 Å². The molecule has 2 aromatic carbocycles. The molecule has 9 nitrogen and oxygen atoms in total. The van der Waals surface area contributed by atoms with Gasteiger partial charge in [0.05, 0.1) is 36.4 Å². The maximum Gasteiger partial charge on any atom is 0.360 e. The fourth-order valence-corrected chi connectivity index (χ4v) is 5.87. The zero-order valence-electron chi connectivity index (χ0n) is 20.9. The molecule has 3 aromatic rings. The van der Waals surface area contributed by atoms with E-state index in [0.29, 0.717) is 11.3 Å². The highest BCUT2D eigenvalue weighted by atomic mass is 35.5. The Bertz CT molecular complexity index is 1380. The summed E-state index contributed by atoms with van der Waals surface area (Å²) < 4.78 is 54.0. The van der Waals surface area contributed by atoms with E-state index in [1.807, 2.05) is 13.8 Å². The van der Waals surface area contributed by atoms with Gasteiger partial charge in [-0.2, -0.15) is 0 Å². The first-order chi connectivity index (χ1) is 18.1. The van der Waals surface area contributed by atoms with E-state index in [1.54, 1.807) is 24.3 Å². The Balaban J connectivity index is 2.03. The number of esters is 1. The van der Waals surface area contributed by atoms with Crippen LogP contribution in [0.25, 0.3) is 0 Å². The van der Waals surface area contributed by atoms with Crippen molar-refractivity contribution in [1.82, 2.24) is 4.98 Å². The Hall–Kier alpha value is -3.22. The number of alkyl halides is 1. The van der Waals surface area contributed by atoms with E-state index in [1.165, 1.54) is 18.7 Å². The third kappa shape index (κ3) is 7.21. The summed E-state index contributed by atoms with van der Waals surface area (Å²) in [5, 5.41) is 2.38. The van der Waals surface area contributed by atoms with Crippen molar-refractivity contribution in [2.24, 2.45) is 5.92 Å². The molecule has 0 aliphatic carbocycles. The number of methoxy groups -OCH3 is 1. The lowest BCUT2D eigenvalue weighted by molar-refractivity contribution is -0.115. The number of hydrogen-bond donors (Lipinski definition) is 1. The zero-order valence-corrected chi connectivity index (χ0v) is 23.3. The second-order valence-corrected chi connectivity index (χ2v) is 11.6. The fourth-order valence-electron chi connectivity index (χ4n) is 3.21. The van der Waals surface area contributed by atoms with Gasteiger partial charge in [0.15, 0.2) is 5.69 Å². The predicted molar refractivity (Wildman–Crippen MR) is 144 cm³/mol. The van der Waals surface area contributed by atoms with Gasteiger partial charge in [-0.15, -0.1) is 22.9 Å². The average Bonchev–Trinajstić information content (AvgIpc) is 3.37. The molecule has 0 aliphatic heterocycles. The van der Waals surface area contributed by atoms with Gasteiger partial charge in [-0.1, -0.05) is 26.0 Å². The van der Waals surface area contributed by atoms with Crippen molar-refractivity contribution in [2.75, 3.05) is 29.2 Å². The molecule has 13 heteroatoms. The minimum Gasteiger partial charge on any atom is -0.497 e. The van der Waals surface area contributed by atoms with Crippen LogP contribution in [0.3, 0.4) is 0 Å². The monoisotopic (exact) mass is 583 g/mol. The number of ether oxygens (including phenoxy) is 2. The first-order valence-electron chi connectivity index (χ1n) is 11.5. The number of thiazole rings is 1. The summed E-state index contributed by atoms with van der Waals surface area (Å²) in [6, 6.07) is 9.83. The molecule has 0 spiro atoms. The second-order valence-electron chi connectivity index (χ2n) is 8.49. The Kier molecular flexibility index (Phi) is 10.1. The van der Waals surface area contributed by atoms with Crippen LogP contribution in [0.15, 0.2) is 52.9 Å². The molecule has 204 valence electrons. The molecule has 1 amide bonds. The van der Waals surface area contributed by atoms with Gasteiger partial charge < -0.3 is 14.8 Å². The van der Waals surface area contributed by atoms with Gasteiger partial charge in [0.1, 0.15) is 16.6 Å². The number of hydrogen-bond acceptors (Lipinski definition) is 8. The Morgan fingerprint density at radius 3 is 2.50 bits per heavy atom. The summed E-state index contributed by atoms with van der Waals surface area (Å²) in [6.07, 6.45) is -0.0300. The summed E-state index contributed by atoms with van der Waals surface area (Å²) in [6.45, 7) is 3.68. The summed E-state index contributed by atoms with van der Waals surface area (Å²) in [5.74, 6) is -1.53. The van der Waals surface area contributed by atoms with Crippen LogP contribution in [0.4, 0.5) is 15.1 Å². The Morgan fingerprint density at radius 2 is 1.89 bits per heavy atom. The first-order valence-corrected chi connectivity index (χ1v) is 14.3. The molecular formula is C25H27ClFN3O6S2. The number of carbonyl (C=O) groups excluding carboxylic acids is 2. The van der Waals surface area contributed by atoms with E-state index in [9.17, 15) is 22.4 Å². The van der Waals surface area contributed by atoms with Crippen molar-refractivity contribution in [3.05, 3.63) is 65.0 Å². The van der Waals surface area contributed by atoms with Gasteiger partial charge in [0.2, 0.25) is 5.91 Å². The van der Waals surface area contributed by atoms with Gasteiger partial charge in [-0.05, 0) is 41.8 Å². The van der Waals surface area contributed by atoms with Crippen molar-refractivity contribution >= 4 is 55.5 Å². The summed E-state index contributed by atoms with van der Waals surface area (Å²) >= 11 is 6.48. The number of nitrogens with one attached hydrogen (secondary N) is 1. The highest BCUT2D eigenvalue weighted by Gasteiger charge is 2.32. The molecule has 1 heterocycles. The molecule has 38 heavy (non-hydrogen) atoms. The van der Waals surface area contributed by atoms with Crippen LogP contribution >= 0.6 is 22.9 Å². The highest BCUT2D eigenvalue weighted by molar-refractivity contribution is 7.93. The van der Waals surface area contributed by atoms with Crippen LogP contribution in [0.5, 0.6) is 5.75 Å². The van der Waals surface area contributed by atoms with Gasteiger partial charge in [0, 0.05) is 12.3 Å². The largest absolute Gasteiger partial charge is 0.497 e. The maximum absolute atomic E-state index is 14.9. The number of benzene rings is 2. The number of rotatable bonds is 12. The smallest absolute Gasteiger partial charge is 0.360 e. The van der Waals surface area contributed by atoms with Gasteiger partial charge in [-0.25, -0.2) is 22.6 Å². The molecule has 0 unspecified atom stereocenters. The Labute approximate surface area is 229 Å². The predicted octanol–water partition coefficient (Wildman–Crippen LogP) is 5.07. The van der Waals surface area contributed by atoms with Crippen molar-refractivity contribution < 1.29 is 31.9 Å². The van der Waals surface area contributed by atoms with Crippen LogP contribution in [0.1, 0.15) is 36.3 Å². The lowest BCUT2D eigenvalue weighted by Gasteiger charge is -2.24. The van der Waals surface area contributed by atoms with Crippen molar-refractivity contribution in [1.29, 1.82) is 0 Å². The van der Waals surface area contributed by atoms with E-state index in [-0.39, 0.29) is 52.6 Å². The standard InChI is InChI=1S/C25H27ClFN3O6S2/c1-16(2)14-36-25(32)23-24(37-15-28-23)30(13-17-4-6-18(35-3)7-5-17)38(33,34)19-8-9-21(20(27)12-19)29-22(31)10-11-26/h4-9,12,15-16H,10-11,13-14H2,1-3H3,(H,29,31). The van der Waals surface area contributed by atoms with Crippen molar-refractivity contribution in [3.8, 4) is 5.75 Å². The van der Waals surface area contributed by atoms with E-state index < -0.39 is 27.7 Å². The number of halogens is 2. The minimum atomic E-state index is -4.41. The van der Waals surface area contributed by atoms with E-state index in [2.05, 4.69) is 10.3 Å². The highest BCUT2D eigenvalue weighted by Crippen LogP contribution is 2.34. The molecule has 0 aliphatic rings. The molecule has 1 N–H and O–H groups in total. The van der Waals surface area contributed by atoms with Crippen molar-refractivity contribution in [2.45, 2.75) is 31.7 Å². The molecule has 0 radical (unpaired) electrons. The fraction of sp³-hybridized carbons (Fsp3) is 0.320. The molecular weight excluding hydrogens is 557 g/mol. The van der Waals surface area contributed by atoms with Gasteiger partial charge in [-0.3, -0.25) is 9.10 Å². The first kappa shape index (κ1) is 29.3. The number of nitrogens with zero attached hydrogens (tertiary/aromatic N) is 2. The lowest BCUT2D eigenvalue weighted by atomic mass is 10.2. The third-order valence-corrected chi connectivity index (χ3v) is 8.02. The van der Waals surface area contributed by atoms with E-state index >= 15 is 0 Å². The van der Waals surface area contributed by atoms with Gasteiger partial charge >= 0.3 is 5.97 Å². The quantitative estimate of drug-likeness (QED) is 0.234. The van der Waals surface area contributed by atoms with Crippen molar-refractivity contribution in [3.63, 3.8) is 0 Å². The summed E-state index contributed by atoms with van der Waals surface area (Å²) in [7, 11) is -2.90. The maximum atomic E-state index is 14.9. The van der Waals surface area contributed by atoms with Crippen LogP contribution < -0.4 is 14.4 Å². The number of sulfonamides is 1. The second kappa shape index (κ2) is 13.0. The lowest BCUT2D eigenvalue weighted by Crippen LogP contribution is -2.31. The molecule has 0 fully saturated rings. The topological polar surface area (TPSA) is 115 Å². The Morgan fingerprint density at radius 1 is 1.18 bits per heavy atom. The summed E-state index contributed by atoms with van der Waals surface area (Å²) in [4.78, 5) is 28.3. The minimum absolute atomic E-state index is 0.0227. The average molecular weight is 584 g/mol. The van der Waals surface area contributed by atoms with Crippen LogP contribution in [0.2, 0.25) is 0 Å². The third-order valence-electron chi connectivity index (χ3n) is 5.13. The molecule has 0 atom stereocenters. The van der Waals surface area contributed by atoms with Gasteiger partial charge in [0.25, 0.3) is 10.0 Å². The molecule has 0 saturated heterocycles. The zero-order chi connectivity index (χ0) is 27.9. The molecule has 3 rings (SSSR count). The molecule has 1 aromatic heterocycles. The SMILES string of the molecule is COc1ccc(CN(c2scnc2C(=O)OCC(C)C)S(=O)(=O)c2ccc(NC(=O)CCCl)c(F)c2)cc1. The number of aromatic nitrogens is 1. The van der Waals surface area contributed by atoms with Crippen LogP contribution in [-0.4, -0.2) is 44.9 Å². The molecule has 0 saturated carbocycles. The van der Waals surface area contributed by atoms with Crippen LogP contribution in [-0.2, 0) is 26.1 Å². The summed E-state index contributed by atoms with van der Waals surface area (Å²) in [5.41, 5.74) is 1.57.